The Bertz CT molecular complexity index is 338. The van der Waals surface area contributed by atoms with Crippen LogP contribution in [0.15, 0.2) is 18.2 Å². The van der Waals surface area contributed by atoms with E-state index in [4.69, 9.17) is 5.73 Å². The lowest BCUT2D eigenvalue weighted by Crippen LogP contribution is -2.29. The van der Waals surface area contributed by atoms with E-state index in [9.17, 15) is 13.2 Å². The Kier molecular flexibility index (Phi) is 4.03. The van der Waals surface area contributed by atoms with Gasteiger partial charge in [-0.3, -0.25) is 0 Å². The van der Waals surface area contributed by atoms with Gasteiger partial charge in [-0.05, 0) is 62.9 Å². The average Bonchev–Trinajstić information content (AvgIpc) is 2.01. The van der Waals surface area contributed by atoms with E-state index in [1.165, 1.54) is 6.07 Å². The van der Waals surface area contributed by atoms with Crippen molar-refractivity contribution >= 4 is 45.2 Å². The molecule has 0 aliphatic rings. The maximum absolute atomic E-state index is 12.3. The van der Waals surface area contributed by atoms with Gasteiger partial charge in [-0.25, -0.2) is 0 Å². The van der Waals surface area contributed by atoms with E-state index in [2.05, 4.69) is 0 Å². The minimum absolute atomic E-state index is 0.124. The first-order valence-corrected chi connectivity index (χ1v) is 5.75. The van der Waals surface area contributed by atoms with Crippen molar-refractivity contribution in [3.63, 3.8) is 0 Å². The maximum atomic E-state index is 12.3. The van der Waals surface area contributed by atoms with E-state index in [0.717, 1.165) is 3.57 Å². The summed E-state index contributed by atoms with van der Waals surface area (Å²) in [6.07, 6.45) is -4.38. The van der Waals surface area contributed by atoms with Gasteiger partial charge in [-0.1, -0.05) is 6.07 Å². The Morgan fingerprint density at radius 3 is 2.21 bits per heavy atom. The molecule has 0 heterocycles. The number of halogens is 5. The largest absolute Gasteiger partial charge is 0.407 e. The molecule has 1 nitrogen and oxygen atoms in total. The number of rotatable bonds is 1. The first-order valence-electron chi connectivity index (χ1n) is 3.59. The van der Waals surface area contributed by atoms with E-state index in [1.807, 2.05) is 45.2 Å². The second kappa shape index (κ2) is 4.52. The standard InChI is InChI=1S/C8H6F3I2N/c9-8(10,11)7(14)5-2-1-4(12)3-6(5)13/h1-3,7H,14H2/t7-/m1/s1. The summed E-state index contributed by atoms with van der Waals surface area (Å²) in [5.41, 5.74) is 5.21. The predicted octanol–water partition coefficient (Wildman–Crippen LogP) is 3.46. The minimum atomic E-state index is -4.38. The lowest BCUT2D eigenvalue weighted by molar-refractivity contribution is -0.149. The lowest BCUT2D eigenvalue weighted by Gasteiger charge is -2.17. The van der Waals surface area contributed by atoms with Crippen LogP contribution < -0.4 is 5.73 Å². The summed E-state index contributed by atoms with van der Waals surface area (Å²) >= 11 is 3.90. The van der Waals surface area contributed by atoms with Crippen molar-refractivity contribution in [2.75, 3.05) is 0 Å². The maximum Gasteiger partial charge on any atom is 0.407 e. The third kappa shape index (κ3) is 2.96. The zero-order valence-corrected chi connectivity index (χ0v) is 11.1. The highest BCUT2D eigenvalue weighted by molar-refractivity contribution is 14.1. The van der Waals surface area contributed by atoms with Crippen molar-refractivity contribution in [2.45, 2.75) is 12.2 Å². The molecular weight excluding hydrogens is 421 g/mol. The fraction of sp³-hybridized carbons (Fsp3) is 0.250. The topological polar surface area (TPSA) is 26.0 Å². The Morgan fingerprint density at radius 2 is 1.79 bits per heavy atom. The molecule has 1 atom stereocenters. The van der Waals surface area contributed by atoms with Gasteiger partial charge in [0.25, 0.3) is 0 Å². The van der Waals surface area contributed by atoms with Gasteiger partial charge >= 0.3 is 6.18 Å². The molecule has 6 heteroatoms. The fourth-order valence-electron chi connectivity index (χ4n) is 0.930. The molecule has 0 saturated heterocycles. The van der Waals surface area contributed by atoms with Gasteiger partial charge in [-0.15, -0.1) is 0 Å². The molecule has 1 aromatic rings. The van der Waals surface area contributed by atoms with Crippen molar-refractivity contribution in [1.29, 1.82) is 0 Å². The van der Waals surface area contributed by atoms with Crippen LogP contribution in [0.4, 0.5) is 13.2 Å². The van der Waals surface area contributed by atoms with Gasteiger partial charge in [0.15, 0.2) is 0 Å². The molecule has 0 bridgehead atoms. The molecule has 2 N–H and O–H groups in total. The summed E-state index contributed by atoms with van der Waals surface area (Å²) in [6.45, 7) is 0. The number of benzene rings is 1. The molecule has 14 heavy (non-hydrogen) atoms. The van der Waals surface area contributed by atoms with Crippen molar-refractivity contribution in [3.8, 4) is 0 Å². The Labute approximate surface area is 107 Å². The van der Waals surface area contributed by atoms with E-state index in [1.54, 1.807) is 12.1 Å². The van der Waals surface area contributed by atoms with Crippen LogP contribution in [0.5, 0.6) is 0 Å². The zero-order valence-electron chi connectivity index (χ0n) is 6.78. The van der Waals surface area contributed by atoms with Gasteiger partial charge in [0.1, 0.15) is 6.04 Å². The van der Waals surface area contributed by atoms with Crippen molar-refractivity contribution in [3.05, 3.63) is 30.9 Å². The van der Waals surface area contributed by atoms with E-state index in [0.29, 0.717) is 3.57 Å². The highest BCUT2D eigenvalue weighted by atomic mass is 127. The molecule has 0 unspecified atom stereocenters. The van der Waals surface area contributed by atoms with Crippen LogP contribution in [0, 0.1) is 7.14 Å². The van der Waals surface area contributed by atoms with Gasteiger partial charge in [0.05, 0.1) is 0 Å². The van der Waals surface area contributed by atoms with Gasteiger partial charge in [0, 0.05) is 7.14 Å². The van der Waals surface area contributed by atoms with Crippen LogP contribution in [0.25, 0.3) is 0 Å². The van der Waals surface area contributed by atoms with Gasteiger partial charge in [-0.2, -0.15) is 13.2 Å². The number of alkyl halides is 3. The molecule has 0 fully saturated rings. The molecule has 1 rings (SSSR count). The quantitative estimate of drug-likeness (QED) is 0.684. The molecular formula is C8H6F3I2N. The Morgan fingerprint density at radius 1 is 1.21 bits per heavy atom. The molecule has 0 amide bonds. The molecule has 78 valence electrons. The van der Waals surface area contributed by atoms with E-state index in [-0.39, 0.29) is 5.56 Å². The van der Waals surface area contributed by atoms with Crippen LogP contribution in [0.3, 0.4) is 0 Å². The zero-order chi connectivity index (χ0) is 10.9. The number of nitrogens with two attached hydrogens (primary N) is 1. The van der Waals surface area contributed by atoms with Crippen molar-refractivity contribution in [2.24, 2.45) is 5.73 Å². The SMILES string of the molecule is N[C@H](c1ccc(I)cc1I)C(F)(F)F. The van der Waals surface area contributed by atoms with Crippen LogP contribution in [0.1, 0.15) is 11.6 Å². The normalized spacial score (nSPS) is 14.1. The first kappa shape index (κ1) is 12.5. The van der Waals surface area contributed by atoms with Gasteiger partial charge in [0.2, 0.25) is 0 Å². The van der Waals surface area contributed by atoms with Crippen molar-refractivity contribution < 1.29 is 13.2 Å². The lowest BCUT2D eigenvalue weighted by atomic mass is 10.1. The van der Waals surface area contributed by atoms with Crippen molar-refractivity contribution in [1.82, 2.24) is 0 Å². The van der Waals surface area contributed by atoms with Gasteiger partial charge < -0.3 is 5.73 Å². The highest BCUT2D eigenvalue weighted by Gasteiger charge is 2.38. The summed E-state index contributed by atoms with van der Waals surface area (Å²) in [6, 6.07) is 2.80. The molecule has 0 aromatic heterocycles. The average molecular weight is 427 g/mol. The van der Waals surface area contributed by atoms with Crippen LogP contribution in [-0.2, 0) is 0 Å². The summed E-state index contributed by atoms with van der Waals surface area (Å²) < 4.78 is 38.3. The molecule has 1 aromatic carbocycles. The molecule has 0 saturated carbocycles. The van der Waals surface area contributed by atoms with E-state index >= 15 is 0 Å². The van der Waals surface area contributed by atoms with Crippen LogP contribution in [-0.4, -0.2) is 6.18 Å². The Hall–Kier alpha value is 0.430. The smallest absolute Gasteiger partial charge is 0.316 e. The molecule has 0 aliphatic heterocycles. The Balaban J connectivity index is 3.08. The molecule has 0 aliphatic carbocycles. The molecule has 0 radical (unpaired) electrons. The summed E-state index contributed by atoms with van der Waals surface area (Å²) in [7, 11) is 0. The number of hydrogen-bond acceptors (Lipinski definition) is 1. The second-order valence-electron chi connectivity index (χ2n) is 2.69. The van der Waals surface area contributed by atoms with Crippen LogP contribution in [0.2, 0.25) is 0 Å². The highest BCUT2D eigenvalue weighted by Crippen LogP contribution is 2.33. The van der Waals surface area contributed by atoms with Crippen LogP contribution >= 0.6 is 45.2 Å². The summed E-state index contributed by atoms with van der Waals surface area (Å²) in [4.78, 5) is 0. The summed E-state index contributed by atoms with van der Waals surface area (Å²) in [5, 5.41) is 0. The first-order chi connectivity index (χ1) is 6.32. The fourth-order valence-corrected chi connectivity index (χ4v) is 2.87. The second-order valence-corrected chi connectivity index (χ2v) is 5.09. The third-order valence-corrected chi connectivity index (χ3v) is 3.26. The molecule has 0 spiro atoms. The third-order valence-electron chi connectivity index (χ3n) is 1.65. The minimum Gasteiger partial charge on any atom is -0.316 e. The summed E-state index contributed by atoms with van der Waals surface area (Å²) in [5.74, 6) is 0. The predicted molar refractivity (Wildman–Crippen MR) is 64.9 cm³/mol. The van der Waals surface area contributed by atoms with E-state index < -0.39 is 12.2 Å². The number of hydrogen-bond donors (Lipinski definition) is 1. The monoisotopic (exact) mass is 427 g/mol.